The monoisotopic (exact) mass is 241 g/mol. The zero-order chi connectivity index (χ0) is 9.31. The van der Waals surface area contributed by atoms with Gasteiger partial charge < -0.3 is 5.11 Å². The highest BCUT2D eigenvalue weighted by Crippen LogP contribution is 2.43. The third kappa shape index (κ3) is 1.51. The fourth-order valence-electron chi connectivity index (χ4n) is 1.84. The summed E-state index contributed by atoms with van der Waals surface area (Å²) in [4.78, 5) is 4.12. The first-order valence-electron chi connectivity index (χ1n) is 4.49. The average molecular weight is 242 g/mol. The van der Waals surface area contributed by atoms with Gasteiger partial charge in [-0.3, -0.25) is 4.98 Å². The first-order valence-corrected chi connectivity index (χ1v) is 5.28. The highest BCUT2D eigenvalue weighted by Gasteiger charge is 2.38. The smallest absolute Gasteiger partial charge is 0.0528 e. The topological polar surface area (TPSA) is 33.1 Å². The fourth-order valence-corrected chi connectivity index (χ4v) is 2.21. The largest absolute Gasteiger partial charge is 0.395 e. The Kier molecular flexibility index (Phi) is 2.39. The van der Waals surface area contributed by atoms with Gasteiger partial charge in [0.2, 0.25) is 0 Å². The SMILES string of the molecule is OCC1(c2cncc(Br)c2)CCC1. The number of hydrogen-bond donors (Lipinski definition) is 1. The number of rotatable bonds is 2. The van der Waals surface area contributed by atoms with Crippen LogP contribution in [0.2, 0.25) is 0 Å². The van der Waals surface area contributed by atoms with Crippen molar-refractivity contribution in [3.8, 4) is 0 Å². The van der Waals surface area contributed by atoms with Crippen LogP contribution in [0.1, 0.15) is 24.8 Å². The summed E-state index contributed by atoms with van der Waals surface area (Å²) in [7, 11) is 0. The summed E-state index contributed by atoms with van der Waals surface area (Å²) >= 11 is 3.39. The summed E-state index contributed by atoms with van der Waals surface area (Å²) in [5.74, 6) is 0. The number of aliphatic hydroxyl groups is 1. The van der Waals surface area contributed by atoms with E-state index in [0.717, 1.165) is 22.9 Å². The van der Waals surface area contributed by atoms with E-state index in [9.17, 15) is 5.11 Å². The third-order valence-electron chi connectivity index (χ3n) is 2.93. The second kappa shape index (κ2) is 3.39. The maximum Gasteiger partial charge on any atom is 0.0528 e. The first-order chi connectivity index (χ1) is 6.27. The average Bonchev–Trinajstić information content (AvgIpc) is 2.03. The van der Waals surface area contributed by atoms with Gasteiger partial charge in [0, 0.05) is 22.3 Å². The molecule has 0 unspecified atom stereocenters. The maximum atomic E-state index is 9.34. The van der Waals surface area contributed by atoms with Crippen LogP contribution in [0.4, 0.5) is 0 Å². The summed E-state index contributed by atoms with van der Waals surface area (Å²) in [6.45, 7) is 0.241. The summed E-state index contributed by atoms with van der Waals surface area (Å²) in [6, 6.07) is 2.06. The van der Waals surface area contributed by atoms with E-state index in [1.54, 1.807) is 6.20 Å². The van der Waals surface area contributed by atoms with Crippen molar-refractivity contribution in [2.75, 3.05) is 6.61 Å². The van der Waals surface area contributed by atoms with E-state index in [1.165, 1.54) is 6.42 Å². The molecule has 0 radical (unpaired) electrons. The molecule has 0 amide bonds. The van der Waals surface area contributed by atoms with Crippen LogP contribution in [0.15, 0.2) is 22.9 Å². The number of aromatic nitrogens is 1. The van der Waals surface area contributed by atoms with Crippen molar-refractivity contribution in [2.24, 2.45) is 0 Å². The van der Waals surface area contributed by atoms with Gasteiger partial charge in [0.1, 0.15) is 0 Å². The van der Waals surface area contributed by atoms with E-state index < -0.39 is 0 Å². The van der Waals surface area contributed by atoms with Gasteiger partial charge in [-0.2, -0.15) is 0 Å². The molecule has 1 aromatic heterocycles. The van der Waals surface area contributed by atoms with Crippen LogP contribution in [0.5, 0.6) is 0 Å². The lowest BCUT2D eigenvalue weighted by molar-refractivity contribution is 0.120. The molecule has 1 N–H and O–H groups in total. The number of pyridine rings is 1. The van der Waals surface area contributed by atoms with E-state index >= 15 is 0 Å². The van der Waals surface area contributed by atoms with E-state index in [0.29, 0.717) is 0 Å². The third-order valence-corrected chi connectivity index (χ3v) is 3.36. The summed E-state index contributed by atoms with van der Waals surface area (Å²) < 4.78 is 0.990. The van der Waals surface area contributed by atoms with Gasteiger partial charge in [-0.25, -0.2) is 0 Å². The van der Waals surface area contributed by atoms with Crippen molar-refractivity contribution < 1.29 is 5.11 Å². The minimum atomic E-state index is 0.0107. The van der Waals surface area contributed by atoms with Crippen LogP contribution in [0.25, 0.3) is 0 Å². The van der Waals surface area contributed by atoms with Crippen molar-refractivity contribution >= 4 is 15.9 Å². The predicted molar refractivity (Wildman–Crippen MR) is 54.6 cm³/mol. The van der Waals surface area contributed by atoms with Gasteiger partial charge in [0.25, 0.3) is 0 Å². The van der Waals surface area contributed by atoms with Crippen molar-refractivity contribution in [1.29, 1.82) is 0 Å². The lowest BCUT2D eigenvalue weighted by atomic mass is 9.65. The minimum Gasteiger partial charge on any atom is -0.395 e. The molecule has 3 heteroatoms. The molecule has 1 saturated carbocycles. The van der Waals surface area contributed by atoms with Crippen molar-refractivity contribution in [3.05, 3.63) is 28.5 Å². The van der Waals surface area contributed by atoms with Crippen molar-refractivity contribution in [3.63, 3.8) is 0 Å². The molecule has 0 spiro atoms. The Morgan fingerprint density at radius 2 is 2.23 bits per heavy atom. The lowest BCUT2D eigenvalue weighted by Crippen LogP contribution is -2.37. The number of nitrogens with zero attached hydrogens (tertiary/aromatic N) is 1. The molecule has 1 heterocycles. The molecule has 1 aliphatic rings. The van der Waals surface area contributed by atoms with Crippen LogP contribution >= 0.6 is 15.9 Å². The molecule has 2 rings (SSSR count). The number of aliphatic hydroxyl groups excluding tert-OH is 1. The number of halogens is 1. The highest BCUT2D eigenvalue weighted by molar-refractivity contribution is 9.10. The zero-order valence-corrected chi connectivity index (χ0v) is 8.92. The van der Waals surface area contributed by atoms with Gasteiger partial charge in [-0.05, 0) is 40.4 Å². The zero-order valence-electron chi connectivity index (χ0n) is 7.33. The van der Waals surface area contributed by atoms with Gasteiger partial charge in [0.15, 0.2) is 0 Å². The lowest BCUT2D eigenvalue weighted by Gasteiger charge is -2.40. The van der Waals surface area contributed by atoms with E-state index in [4.69, 9.17) is 0 Å². The second-order valence-electron chi connectivity index (χ2n) is 3.68. The molecule has 0 saturated heterocycles. The van der Waals surface area contributed by atoms with Crippen LogP contribution in [-0.2, 0) is 5.41 Å². The molecule has 1 aliphatic carbocycles. The van der Waals surface area contributed by atoms with Gasteiger partial charge >= 0.3 is 0 Å². The van der Waals surface area contributed by atoms with Crippen molar-refractivity contribution in [2.45, 2.75) is 24.7 Å². The second-order valence-corrected chi connectivity index (χ2v) is 4.60. The minimum absolute atomic E-state index is 0.0107. The Morgan fingerprint density at radius 1 is 1.46 bits per heavy atom. The van der Waals surface area contributed by atoms with E-state index in [1.807, 2.05) is 6.20 Å². The molecule has 0 aromatic carbocycles. The Balaban J connectivity index is 2.33. The Labute approximate surface area is 86.1 Å². The standard InChI is InChI=1S/C10H12BrNO/c11-9-4-8(5-12-6-9)10(7-13)2-1-3-10/h4-6,13H,1-3,7H2. The molecule has 70 valence electrons. The summed E-state index contributed by atoms with van der Waals surface area (Å²) in [5.41, 5.74) is 1.17. The van der Waals surface area contributed by atoms with Gasteiger partial charge in [-0.1, -0.05) is 6.42 Å². The highest BCUT2D eigenvalue weighted by atomic mass is 79.9. The maximum absolute atomic E-state index is 9.34. The van der Waals surface area contributed by atoms with E-state index in [-0.39, 0.29) is 12.0 Å². The normalized spacial score (nSPS) is 19.5. The predicted octanol–water partition coefficient (Wildman–Crippen LogP) is 2.26. The molecule has 1 aromatic rings. The summed E-state index contributed by atoms with van der Waals surface area (Å²) in [6.07, 6.45) is 7.02. The molecular weight excluding hydrogens is 230 g/mol. The van der Waals surface area contributed by atoms with Gasteiger partial charge in [0.05, 0.1) is 6.61 Å². The van der Waals surface area contributed by atoms with E-state index in [2.05, 4.69) is 27.0 Å². The quantitative estimate of drug-likeness (QED) is 0.862. The van der Waals surface area contributed by atoms with Crippen LogP contribution < -0.4 is 0 Å². The Morgan fingerprint density at radius 3 is 2.69 bits per heavy atom. The molecule has 0 atom stereocenters. The number of hydrogen-bond acceptors (Lipinski definition) is 2. The molecule has 13 heavy (non-hydrogen) atoms. The molecule has 2 nitrogen and oxygen atoms in total. The molecule has 0 aliphatic heterocycles. The van der Waals surface area contributed by atoms with Crippen LogP contribution in [0.3, 0.4) is 0 Å². The van der Waals surface area contributed by atoms with Crippen molar-refractivity contribution in [1.82, 2.24) is 4.98 Å². The molecular formula is C10H12BrNO. The van der Waals surface area contributed by atoms with Gasteiger partial charge in [-0.15, -0.1) is 0 Å². The molecule has 1 fully saturated rings. The van der Waals surface area contributed by atoms with Crippen LogP contribution in [-0.4, -0.2) is 16.7 Å². The Hall–Kier alpha value is -0.410. The summed E-state index contributed by atoms with van der Waals surface area (Å²) in [5, 5.41) is 9.34. The fraction of sp³-hybridized carbons (Fsp3) is 0.500. The van der Waals surface area contributed by atoms with Crippen LogP contribution in [0, 0.1) is 0 Å². The molecule has 0 bridgehead atoms. The first kappa shape index (κ1) is 9.16. The Bertz CT molecular complexity index is 304.